The molecule has 2 amide bonds. The molecular formula is C17H16ClFN2O2S. The molecule has 0 bridgehead atoms. The second kappa shape index (κ2) is 7.32. The van der Waals surface area contributed by atoms with Gasteiger partial charge in [0.05, 0.1) is 18.8 Å². The summed E-state index contributed by atoms with van der Waals surface area (Å²) in [6.45, 7) is 0. The number of nitrogens with one attached hydrogen (secondary N) is 2. The predicted molar refractivity (Wildman–Crippen MR) is 94.6 cm³/mol. The summed E-state index contributed by atoms with van der Waals surface area (Å²) in [5.74, 6) is 1.07. The largest absolute Gasteiger partial charge is 0.495 e. The van der Waals surface area contributed by atoms with Crippen LogP contribution in [0.4, 0.5) is 14.9 Å². The Bertz CT molecular complexity index is 772. The van der Waals surface area contributed by atoms with Crippen LogP contribution in [0, 0.1) is 5.82 Å². The van der Waals surface area contributed by atoms with Gasteiger partial charge in [-0.2, -0.15) is 0 Å². The van der Waals surface area contributed by atoms with Crippen molar-refractivity contribution in [1.82, 2.24) is 5.32 Å². The highest BCUT2D eigenvalue weighted by atomic mass is 35.5. The summed E-state index contributed by atoms with van der Waals surface area (Å²) >= 11 is 7.63. The molecule has 0 spiro atoms. The number of methoxy groups -OCH3 is 1. The maximum absolute atomic E-state index is 13.5. The van der Waals surface area contributed by atoms with Crippen LogP contribution in [0.2, 0.25) is 5.02 Å². The van der Waals surface area contributed by atoms with Crippen LogP contribution < -0.4 is 15.4 Å². The Balaban J connectivity index is 1.75. The second-order valence-electron chi connectivity index (χ2n) is 5.31. The first kappa shape index (κ1) is 16.9. The third-order valence-electron chi connectivity index (χ3n) is 3.73. The molecule has 1 unspecified atom stereocenters. The van der Waals surface area contributed by atoms with Gasteiger partial charge in [-0.3, -0.25) is 0 Å². The smallest absolute Gasteiger partial charge is 0.319 e. The lowest BCUT2D eigenvalue weighted by Crippen LogP contribution is -2.34. The van der Waals surface area contributed by atoms with Gasteiger partial charge in [0.1, 0.15) is 11.6 Å². The number of rotatable bonds is 3. The SMILES string of the molecule is COc1ccc(Cl)cc1NC(=O)NC1CCSc2ccc(F)cc21. The molecule has 2 N–H and O–H groups in total. The fraction of sp³-hybridized carbons (Fsp3) is 0.235. The molecule has 2 aromatic carbocycles. The van der Waals surface area contributed by atoms with Gasteiger partial charge in [-0.15, -0.1) is 11.8 Å². The number of fused-ring (bicyclic) bond motifs is 1. The maximum Gasteiger partial charge on any atom is 0.319 e. The van der Waals surface area contributed by atoms with E-state index in [1.165, 1.54) is 19.2 Å². The molecule has 0 saturated carbocycles. The number of urea groups is 1. The zero-order valence-electron chi connectivity index (χ0n) is 12.9. The Hall–Kier alpha value is -1.92. The van der Waals surface area contributed by atoms with E-state index in [4.69, 9.17) is 16.3 Å². The van der Waals surface area contributed by atoms with Crippen molar-refractivity contribution in [3.63, 3.8) is 0 Å². The molecule has 0 fully saturated rings. The van der Waals surface area contributed by atoms with E-state index in [1.807, 2.05) is 0 Å². The van der Waals surface area contributed by atoms with Gasteiger partial charge in [-0.1, -0.05) is 11.6 Å². The van der Waals surface area contributed by atoms with Gasteiger partial charge < -0.3 is 15.4 Å². The second-order valence-corrected chi connectivity index (χ2v) is 6.89. The van der Waals surface area contributed by atoms with Crippen LogP contribution in [0.5, 0.6) is 5.75 Å². The number of amides is 2. The number of carbonyl (C=O) groups excluding carboxylic acids is 1. The quantitative estimate of drug-likeness (QED) is 0.816. The van der Waals surface area contributed by atoms with E-state index in [0.717, 1.165) is 22.6 Å². The van der Waals surface area contributed by atoms with Crippen LogP contribution in [0.15, 0.2) is 41.3 Å². The van der Waals surface area contributed by atoms with Crippen molar-refractivity contribution in [2.24, 2.45) is 0 Å². The van der Waals surface area contributed by atoms with Crippen molar-refractivity contribution < 1.29 is 13.9 Å². The number of carbonyl (C=O) groups is 1. The number of benzene rings is 2. The fourth-order valence-electron chi connectivity index (χ4n) is 2.61. The Morgan fingerprint density at radius 2 is 2.17 bits per heavy atom. The molecule has 7 heteroatoms. The van der Waals surface area contributed by atoms with Gasteiger partial charge in [0.15, 0.2) is 0 Å². The van der Waals surface area contributed by atoms with Crippen LogP contribution in [0.3, 0.4) is 0 Å². The fourth-order valence-corrected chi connectivity index (χ4v) is 3.89. The van der Waals surface area contributed by atoms with Crippen LogP contribution in [-0.4, -0.2) is 18.9 Å². The molecule has 2 aromatic rings. The van der Waals surface area contributed by atoms with E-state index in [1.54, 1.807) is 36.0 Å². The lowest BCUT2D eigenvalue weighted by Gasteiger charge is -2.26. The third-order valence-corrected chi connectivity index (χ3v) is 5.08. The molecule has 1 aliphatic rings. The number of hydrogen-bond acceptors (Lipinski definition) is 3. The van der Waals surface area contributed by atoms with E-state index in [-0.39, 0.29) is 17.9 Å². The van der Waals surface area contributed by atoms with Crippen LogP contribution >= 0.6 is 23.4 Å². The minimum atomic E-state index is -0.386. The Morgan fingerprint density at radius 1 is 1.33 bits per heavy atom. The Labute approximate surface area is 148 Å². The first-order valence-electron chi connectivity index (χ1n) is 7.40. The first-order chi connectivity index (χ1) is 11.6. The first-order valence-corrected chi connectivity index (χ1v) is 8.76. The van der Waals surface area contributed by atoms with Gasteiger partial charge in [0, 0.05) is 15.7 Å². The lowest BCUT2D eigenvalue weighted by atomic mass is 10.0. The summed E-state index contributed by atoms with van der Waals surface area (Å²) in [7, 11) is 1.52. The van der Waals surface area contributed by atoms with Gasteiger partial charge in [-0.05, 0) is 48.4 Å². The number of anilines is 1. The number of hydrogen-bond donors (Lipinski definition) is 2. The van der Waals surface area contributed by atoms with E-state index in [0.29, 0.717) is 16.5 Å². The minimum Gasteiger partial charge on any atom is -0.495 e. The molecular weight excluding hydrogens is 351 g/mol. The van der Waals surface area contributed by atoms with Crippen LogP contribution in [0.1, 0.15) is 18.0 Å². The highest BCUT2D eigenvalue weighted by Gasteiger charge is 2.23. The minimum absolute atomic E-state index is 0.234. The molecule has 0 radical (unpaired) electrons. The molecule has 3 rings (SSSR count). The summed E-state index contributed by atoms with van der Waals surface area (Å²) in [5.41, 5.74) is 1.28. The highest BCUT2D eigenvalue weighted by molar-refractivity contribution is 7.99. The molecule has 1 atom stereocenters. The molecule has 0 saturated heterocycles. The summed E-state index contributed by atoms with van der Waals surface area (Å²) < 4.78 is 18.7. The normalized spacial score (nSPS) is 16.2. The average molecular weight is 367 g/mol. The molecule has 1 aliphatic heterocycles. The average Bonchev–Trinajstić information content (AvgIpc) is 2.55. The zero-order valence-corrected chi connectivity index (χ0v) is 14.5. The Morgan fingerprint density at radius 3 is 2.96 bits per heavy atom. The lowest BCUT2D eigenvalue weighted by molar-refractivity contribution is 0.248. The van der Waals surface area contributed by atoms with Gasteiger partial charge >= 0.3 is 6.03 Å². The zero-order chi connectivity index (χ0) is 17.1. The van der Waals surface area contributed by atoms with Gasteiger partial charge in [0.25, 0.3) is 0 Å². The van der Waals surface area contributed by atoms with Crippen molar-refractivity contribution in [3.8, 4) is 5.75 Å². The number of thioether (sulfide) groups is 1. The molecule has 126 valence electrons. The summed E-state index contributed by atoms with van der Waals surface area (Å²) in [6.07, 6.45) is 0.737. The van der Waals surface area contributed by atoms with E-state index in [9.17, 15) is 9.18 Å². The summed E-state index contributed by atoms with van der Waals surface area (Å²) in [5, 5.41) is 6.12. The van der Waals surface area contributed by atoms with Gasteiger partial charge in [0.2, 0.25) is 0 Å². The summed E-state index contributed by atoms with van der Waals surface area (Å²) in [6, 6.07) is 9.02. The third kappa shape index (κ3) is 3.76. The predicted octanol–water partition coefficient (Wildman–Crippen LogP) is 4.85. The molecule has 1 heterocycles. The van der Waals surface area contributed by atoms with Crippen molar-refractivity contribution in [2.45, 2.75) is 17.4 Å². The maximum atomic E-state index is 13.5. The van der Waals surface area contributed by atoms with E-state index in [2.05, 4.69) is 10.6 Å². The number of ether oxygens (including phenoxy) is 1. The molecule has 4 nitrogen and oxygen atoms in total. The summed E-state index contributed by atoms with van der Waals surface area (Å²) in [4.78, 5) is 13.3. The van der Waals surface area contributed by atoms with E-state index < -0.39 is 0 Å². The van der Waals surface area contributed by atoms with Crippen molar-refractivity contribution >= 4 is 35.1 Å². The van der Waals surface area contributed by atoms with Crippen molar-refractivity contribution in [1.29, 1.82) is 0 Å². The highest BCUT2D eigenvalue weighted by Crippen LogP contribution is 2.36. The Kier molecular flexibility index (Phi) is 5.16. The van der Waals surface area contributed by atoms with Gasteiger partial charge in [-0.25, -0.2) is 9.18 Å². The van der Waals surface area contributed by atoms with Crippen LogP contribution in [0.25, 0.3) is 0 Å². The standard InChI is InChI=1S/C17H16ClFN2O2S/c1-23-15-4-2-10(18)8-14(15)21-17(22)20-13-6-7-24-16-5-3-11(19)9-12(13)16/h2-5,8-9,13H,6-7H2,1H3,(H2,20,21,22). The topological polar surface area (TPSA) is 50.4 Å². The molecule has 24 heavy (non-hydrogen) atoms. The number of halogens is 2. The monoisotopic (exact) mass is 366 g/mol. The molecule has 0 aliphatic carbocycles. The molecule has 0 aromatic heterocycles. The van der Waals surface area contributed by atoms with Crippen LogP contribution in [-0.2, 0) is 0 Å². The van der Waals surface area contributed by atoms with E-state index >= 15 is 0 Å². The van der Waals surface area contributed by atoms with Crippen molar-refractivity contribution in [2.75, 3.05) is 18.2 Å². The van der Waals surface area contributed by atoms with Crippen molar-refractivity contribution in [3.05, 3.63) is 52.8 Å².